The van der Waals surface area contributed by atoms with Crippen molar-refractivity contribution in [1.29, 1.82) is 0 Å². The lowest BCUT2D eigenvalue weighted by Gasteiger charge is -2.25. The van der Waals surface area contributed by atoms with Crippen molar-refractivity contribution in [3.05, 3.63) is 64.9 Å². The second kappa shape index (κ2) is 7.58. The number of rotatable bonds is 6. The third-order valence-corrected chi connectivity index (χ3v) is 4.73. The molecule has 0 aliphatic heterocycles. The predicted octanol–water partition coefficient (Wildman–Crippen LogP) is 3.57. The maximum absolute atomic E-state index is 13.1. The van der Waals surface area contributed by atoms with Gasteiger partial charge in [-0.2, -0.15) is 0 Å². The van der Waals surface area contributed by atoms with E-state index in [0.29, 0.717) is 12.3 Å². The summed E-state index contributed by atoms with van der Waals surface area (Å²) in [6, 6.07) is 11.6. The monoisotopic (exact) mass is 359 g/mol. The van der Waals surface area contributed by atoms with Crippen molar-refractivity contribution in [1.82, 2.24) is 15.4 Å². The maximum atomic E-state index is 13.1. The van der Waals surface area contributed by atoms with Crippen molar-refractivity contribution < 1.29 is 13.7 Å². The molecule has 0 saturated heterocycles. The van der Waals surface area contributed by atoms with Crippen LogP contribution in [0.15, 0.2) is 52.4 Å². The maximum Gasteiger partial charge on any atom is 0.273 e. The number of halogens is 1. The van der Waals surface area contributed by atoms with Crippen LogP contribution in [0.4, 0.5) is 4.39 Å². The Morgan fingerprint density at radius 2 is 2.08 bits per heavy atom. The summed E-state index contributed by atoms with van der Waals surface area (Å²) < 4.78 is 18.3. The second-order valence-electron chi connectivity index (χ2n) is 5.79. The van der Waals surface area contributed by atoms with Crippen molar-refractivity contribution >= 4 is 17.2 Å². The number of amides is 1. The van der Waals surface area contributed by atoms with E-state index < -0.39 is 0 Å². The van der Waals surface area contributed by atoms with Crippen LogP contribution in [0.3, 0.4) is 0 Å². The van der Waals surface area contributed by atoms with Crippen molar-refractivity contribution in [3.63, 3.8) is 0 Å². The molecular formula is C18H18FN3O2S. The average Bonchev–Trinajstić information content (AvgIpc) is 3.27. The van der Waals surface area contributed by atoms with Gasteiger partial charge in [-0.3, -0.25) is 4.79 Å². The molecule has 0 radical (unpaired) electrons. The quantitative estimate of drug-likeness (QED) is 0.731. The number of nitrogens with zero attached hydrogens (tertiary/aromatic N) is 2. The fourth-order valence-electron chi connectivity index (χ4n) is 2.48. The number of hydrogen-bond donors (Lipinski definition) is 1. The molecule has 3 aromatic rings. The average molecular weight is 359 g/mol. The van der Waals surface area contributed by atoms with Crippen molar-refractivity contribution in [2.24, 2.45) is 0 Å². The Hall–Kier alpha value is -2.51. The Morgan fingerprint density at radius 3 is 2.72 bits per heavy atom. The van der Waals surface area contributed by atoms with Crippen LogP contribution in [0.1, 0.15) is 22.1 Å². The van der Waals surface area contributed by atoms with E-state index in [0.717, 1.165) is 10.4 Å². The van der Waals surface area contributed by atoms with Crippen LogP contribution in [0.2, 0.25) is 0 Å². The number of benzene rings is 1. The van der Waals surface area contributed by atoms with Crippen molar-refractivity contribution in [2.75, 3.05) is 20.6 Å². The molecule has 2 aromatic heterocycles. The number of likely N-dealkylation sites (N-methyl/N-ethyl adjacent to an activating group) is 1. The molecule has 1 N–H and O–H groups in total. The van der Waals surface area contributed by atoms with Gasteiger partial charge >= 0.3 is 0 Å². The summed E-state index contributed by atoms with van der Waals surface area (Å²) in [6.45, 7) is 0.374. The fraction of sp³-hybridized carbons (Fsp3) is 0.222. The Labute approximate surface area is 149 Å². The topological polar surface area (TPSA) is 58.4 Å². The third kappa shape index (κ3) is 4.12. The second-order valence-corrected chi connectivity index (χ2v) is 6.74. The fourth-order valence-corrected chi connectivity index (χ4v) is 3.15. The van der Waals surface area contributed by atoms with Crippen LogP contribution in [0.25, 0.3) is 10.6 Å². The largest absolute Gasteiger partial charge is 0.355 e. The highest BCUT2D eigenvalue weighted by Gasteiger charge is 2.18. The lowest BCUT2D eigenvalue weighted by molar-refractivity contribution is 0.0933. The standard InChI is InChI=1S/C18H18FN3O2S/c1-22(2)15(12-5-7-13(19)8-6-12)11-20-18(23)14-10-16(24-21-14)17-4-3-9-25-17/h3-10,15H,11H2,1-2H3,(H,20,23)/t15-/m0/s1. The summed E-state index contributed by atoms with van der Waals surface area (Å²) in [6.07, 6.45) is 0. The zero-order chi connectivity index (χ0) is 17.8. The summed E-state index contributed by atoms with van der Waals surface area (Å²) in [5, 5.41) is 8.63. The molecule has 0 aliphatic rings. The predicted molar refractivity (Wildman–Crippen MR) is 95.0 cm³/mol. The Bertz CT molecular complexity index is 828. The molecule has 25 heavy (non-hydrogen) atoms. The highest BCUT2D eigenvalue weighted by atomic mass is 32.1. The molecule has 0 aliphatic carbocycles. The molecule has 3 rings (SSSR count). The minimum atomic E-state index is -0.305. The van der Waals surface area contributed by atoms with E-state index in [-0.39, 0.29) is 23.5 Å². The first-order valence-electron chi connectivity index (χ1n) is 7.75. The van der Waals surface area contributed by atoms with Crippen LogP contribution >= 0.6 is 11.3 Å². The van der Waals surface area contributed by atoms with Crippen LogP contribution in [-0.2, 0) is 0 Å². The highest BCUT2D eigenvalue weighted by molar-refractivity contribution is 7.13. The van der Waals surface area contributed by atoms with Gasteiger partial charge in [-0.05, 0) is 43.2 Å². The smallest absolute Gasteiger partial charge is 0.273 e. The van der Waals surface area contributed by atoms with Gasteiger partial charge in [0.25, 0.3) is 5.91 Å². The SMILES string of the molecule is CN(C)[C@@H](CNC(=O)c1cc(-c2cccs2)on1)c1ccc(F)cc1. The van der Waals surface area contributed by atoms with Gasteiger partial charge in [-0.1, -0.05) is 23.4 Å². The summed E-state index contributed by atoms with van der Waals surface area (Å²) in [5.41, 5.74) is 1.16. The van der Waals surface area contributed by atoms with Crippen LogP contribution in [0.5, 0.6) is 0 Å². The third-order valence-electron chi connectivity index (χ3n) is 3.84. The summed E-state index contributed by atoms with van der Waals surface area (Å²) in [7, 11) is 3.82. The van der Waals surface area contributed by atoms with Gasteiger partial charge in [0.05, 0.1) is 10.9 Å². The molecule has 0 saturated carbocycles. The van der Waals surface area contributed by atoms with Crippen LogP contribution < -0.4 is 5.32 Å². The molecule has 0 bridgehead atoms. The lowest BCUT2D eigenvalue weighted by Crippen LogP contribution is -2.34. The Kier molecular flexibility index (Phi) is 5.25. The van der Waals surface area contributed by atoms with E-state index in [1.54, 1.807) is 18.2 Å². The Morgan fingerprint density at radius 1 is 1.32 bits per heavy atom. The molecule has 130 valence electrons. The van der Waals surface area contributed by atoms with Gasteiger partial charge in [-0.25, -0.2) is 4.39 Å². The first-order chi connectivity index (χ1) is 12.0. The number of thiophene rings is 1. The van der Waals surface area contributed by atoms with Gasteiger partial charge in [0.1, 0.15) is 5.82 Å². The number of nitrogens with one attached hydrogen (secondary N) is 1. The molecule has 0 spiro atoms. The molecule has 2 heterocycles. The van der Waals surface area contributed by atoms with Gasteiger partial charge in [0.2, 0.25) is 0 Å². The van der Waals surface area contributed by atoms with Crippen LogP contribution in [-0.4, -0.2) is 36.6 Å². The summed E-state index contributed by atoms with van der Waals surface area (Å²) >= 11 is 1.52. The van der Waals surface area contributed by atoms with E-state index in [1.807, 2.05) is 36.5 Å². The van der Waals surface area contributed by atoms with Crippen molar-refractivity contribution in [3.8, 4) is 10.6 Å². The Balaban J connectivity index is 1.66. The number of aromatic nitrogens is 1. The van der Waals surface area contributed by atoms with Crippen molar-refractivity contribution in [2.45, 2.75) is 6.04 Å². The van der Waals surface area contributed by atoms with E-state index in [4.69, 9.17) is 4.52 Å². The molecule has 0 fully saturated rings. The normalized spacial score (nSPS) is 12.3. The molecule has 0 unspecified atom stereocenters. The highest BCUT2D eigenvalue weighted by Crippen LogP contribution is 2.25. The molecule has 5 nitrogen and oxygen atoms in total. The number of carbonyl (C=O) groups is 1. The van der Waals surface area contributed by atoms with Gasteiger partial charge in [0.15, 0.2) is 11.5 Å². The number of hydrogen-bond acceptors (Lipinski definition) is 5. The molecule has 1 atom stereocenters. The zero-order valence-corrected chi connectivity index (χ0v) is 14.7. The van der Waals surface area contributed by atoms with E-state index in [9.17, 15) is 9.18 Å². The van der Waals surface area contributed by atoms with E-state index in [2.05, 4.69) is 10.5 Å². The lowest BCUT2D eigenvalue weighted by atomic mass is 10.1. The van der Waals surface area contributed by atoms with Gasteiger partial charge < -0.3 is 14.7 Å². The minimum absolute atomic E-state index is 0.0757. The molecular weight excluding hydrogens is 341 g/mol. The van der Waals surface area contributed by atoms with Gasteiger partial charge in [0, 0.05) is 12.6 Å². The van der Waals surface area contributed by atoms with E-state index in [1.165, 1.54) is 23.5 Å². The molecule has 1 amide bonds. The molecule has 1 aromatic carbocycles. The van der Waals surface area contributed by atoms with E-state index >= 15 is 0 Å². The van der Waals surface area contributed by atoms with Gasteiger partial charge in [-0.15, -0.1) is 11.3 Å². The number of carbonyl (C=O) groups excluding carboxylic acids is 1. The zero-order valence-electron chi connectivity index (χ0n) is 13.9. The first kappa shape index (κ1) is 17.3. The van der Waals surface area contributed by atoms with Crippen LogP contribution in [0, 0.1) is 5.82 Å². The molecule has 7 heteroatoms. The first-order valence-corrected chi connectivity index (χ1v) is 8.63. The minimum Gasteiger partial charge on any atom is -0.355 e. The summed E-state index contributed by atoms with van der Waals surface area (Å²) in [4.78, 5) is 15.2. The summed E-state index contributed by atoms with van der Waals surface area (Å²) in [5.74, 6) is -0.0163.